The monoisotopic (exact) mass is 793 g/mol. The maximum Gasteiger partial charge on any atom is 0.0462 e. The lowest BCUT2D eigenvalue weighted by Gasteiger charge is -2.25. The smallest absolute Gasteiger partial charge is 0.0462 e. The van der Waals surface area contributed by atoms with E-state index in [1.165, 1.54) is 131 Å². The highest BCUT2D eigenvalue weighted by molar-refractivity contribution is 6.48. The molecule has 0 amide bonds. The van der Waals surface area contributed by atoms with Crippen molar-refractivity contribution in [3.63, 3.8) is 0 Å². The van der Waals surface area contributed by atoms with Gasteiger partial charge in [0.25, 0.3) is 0 Å². The molecule has 2 aliphatic carbocycles. The maximum absolute atomic E-state index is 2.44. The van der Waals surface area contributed by atoms with E-state index in [2.05, 4.69) is 217 Å². The summed E-state index contributed by atoms with van der Waals surface area (Å²) in [6, 6.07) is 79.3. The van der Waals surface area contributed by atoms with Crippen LogP contribution in [0.5, 0.6) is 0 Å². The first-order chi connectivity index (χ1) is 31.3. The number of para-hydroxylation sites is 2. The first-order valence-corrected chi connectivity index (χ1v) is 22.0. The predicted molar refractivity (Wildman–Crippen MR) is 268 cm³/mol. The predicted octanol–water partition coefficient (Wildman–Crippen LogP) is 17.6. The van der Waals surface area contributed by atoms with Gasteiger partial charge in [-0.25, -0.2) is 0 Å². The fourth-order valence-corrected chi connectivity index (χ4v) is 12.0. The van der Waals surface area contributed by atoms with Gasteiger partial charge in [-0.15, -0.1) is 0 Å². The summed E-state index contributed by atoms with van der Waals surface area (Å²) < 4.78 is 0. The highest BCUT2D eigenvalue weighted by Crippen LogP contribution is 2.60. The Balaban J connectivity index is 1.13. The molecule has 13 aromatic rings. The third kappa shape index (κ3) is 4.26. The highest BCUT2D eigenvalue weighted by Gasteiger charge is 2.32. The van der Waals surface area contributed by atoms with Crippen molar-refractivity contribution in [2.24, 2.45) is 0 Å². The van der Waals surface area contributed by atoms with Crippen LogP contribution in [-0.2, 0) is 0 Å². The van der Waals surface area contributed by atoms with Gasteiger partial charge < -0.3 is 4.90 Å². The Hall–Kier alpha value is -8.26. The van der Waals surface area contributed by atoms with Gasteiger partial charge in [-0.3, -0.25) is 0 Å². The topological polar surface area (TPSA) is 3.24 Å². The van der Waals surface area contributed by atoms with Crippen LogP contribution in [0.15, 0.2) is 212 Å². The molecule has 0 spiro atoms. The van der Waals surface area contributed by atoms with Crippen LogP contribution in [0.3, 0.4) is 0 Å². The Kier molecular flexibility index (Phi) is 6.47. The number of hydrogen-bond acceptors (Lipinski definition) is 1. The molecule has 0 unspecified atom stereocenters. The molecule has 1 nitrogen and oxygen atoms in total. The molecule has 288 valence electrons. The minimum atomic E-state index is 1.12. The third-order valence-corrected chi connectivity index (χ3v) is 14.4. The average Bonchev–Trinajstić information content (AvgIpc) is 4.07. The van der Waals surface area contributed by atoms with Crippen LogP contribution in [-0.4, -0.2) is 0 Å². The average molecular weight is 794 g/mol. The summed E-state index contributed by atoms with van der Waals surface area (Å²) in [7, 11) is 0. The second-order valence-corrected chi connectivity index (χ2v) is 17.4. The molecule has 0 fully saturated rings. The Labute approximate surface area is 364 Å². The molecular formula is C62H35N. The molecule has 15 rings (SSSR count). The first-order valence-electron chi connectivity index (χ1n) is 22.0. The van der Waals surface area contributed by atoms with Crippen molar-refractivity contribution in [3.8, 4) is 66.8 Å². The van der Waals surface area contributed by atoms with Crippen molar-refractivity contribution in [1.82, 2.24) is 0 Å². The Morgan fingerprint density at radius 1 is 0.190 bits per heavy atom. The van der Waals surface area contributed by atoms with Gasteiger partial charge in [-0.05, 0) is 168 Å². The minimum absolute atomic E-state index is 1.12. The van der Waals surface area contributed by atoms with Crippen molar-refractivity contribution in [3.05, 3.63) is 212 Å². The molecule has 0 saturated carbocycles. The molecule has 0 saturated heterocycles. The Morgan fingerprint density at radius 3 is 0.857 bits per heavy atom. The molecule has 13 aromatic carbocycles. The normalized spacial score (nSPS) is 12.4. The zero-order valence-electron chi connectivity index (χ0n) is 34.2. The van der Waals surface area contributed by atoms with Gasteiger partial charge in [-0.2, -0.15) is 0 Å². The van der Waals surface area contributed by atoms with Gasteiger partial charge in [0.15, 0.2) is 0 Å². The number of hydrogen-bond donors (Lipinski definition) is 0. The first kappa shape index (κ1) is 33.5. The lowest BCUT2D eigenvalue weighted by Crippen LogP contribution is -2.09. The van der Waals surface area contributed by atoms with Gasteiger partial charge in [0.1, 0.15) is 0 Å². The molecular weight excluding hydrogens is 759 g/mol. The van der Waals surface area contributed by atoms with Crippen LogP contribution < -0.4 is 4.90 Å². The van der Waals surface area contributed by atoms with Crippen molar-refractivity contribution in [2.75, 3.05) is 4.90 Å². The lowest BCUT2D eigenvalue weighted by atomic mass is 9.87. The summed E-state index contributed by atoms with van der Waals surface area (Å²) in [5.74, 6) is 0. The second-order valence-electron chi connectivity index (χ2n) is 17.4. The Bertz CT molecular complexity index is 3760. The van der Waals surface area contributed by atoms with Gasteiger partial charge in [-0.1, -0.05) is 176 Å². The van der Waals surface area contributed by atoms with Gasteiger partial charge in [0, 0.05) is 17.1 Å². The summed E-state index contributed by atoms with van der Waals surface area (Å²) in [5, 5.41) is 16.2. The summed E-state index contributed by atoms with van der Waals surface area (Å²) in [5.41, 5.74) is 19.1. The van der Waals surface area contributed by atoms with E-state index in [0.29, 0.717) is 0 Å². The van der Waals surface area contributed by atoms with Crippen LogP contribution in [0.2, 0.25) is 0 Å². The van der Waals surface area contributed by atoms with Crippen LogP contribution in [0.25, 0.3) is 131 Å². The number of nitrogens with zero attached hydrogens (tertiary/aromatic N) is 1. The number of rotatable bonds is 5. The molecule has 0 heterocycles. The highest BCUT2D eigenvalue weighted by atomic mass is 15.1. The van der Waals surface area contributed by atoms with E-state index in [9.17, 15) is 0 Å². The van der Waals surface area contributed by atoms with E-state index in [1.54, 1.807) is 0 Å². The molecule has 1 heteroatoms. The lowest BCUT2D eigenvalue weighted by molar-refractivity contribution is 1.28. The summed E-state index contributed by atoms with van der Waals surface area (Å²) >= 11 is 0. The second kappa shape index (κ2) is 12.2. The van der Waals surface area contributed by atoms with Gasteiger partial charge in [0.2, 0.25) is 0 Å². The van der Waals surface area contributed by atoms with Crippen molar-refractivity contribution in [1.29, 1.82) is 0 Å². The number of benzene rings is 11. The standard InChI is InChI=1S/C62H35N/c1-4-14-36(15-5-1)53-59-49-32-28-45-41-20-10-12-22-43(41)47-30-34-51(57(49)55(45)47)61(59)54(37-24-26-40(27-25-37)63(38-16-6-2-7-17-38)39-18-8-3-9-19-39)62-52-35-31-48-44-23-13-11-21-42(44)46-29-33-50(60(53)62)58(52)56(46)48/h1-35H. The summed E-state index contributed by atoms with van der Waals surface area (Å²) in [6.45, 7) is 0. The molecule has 0 radical (unpaired) electrons. The van der Waals surface area contributed by atoms with E-state index >= 15 is 0 Å². The zero-order valence-corrected chi connectivity index (χ0v) is 34.2. The molecule has 63 heavy (non-hydrogen) atoms. The van der Waals surface area contributed by atoms with Crippen LogP contribution in [0, 0.1) is 0 Å². The largest absolute Gasteiger partial charge is 0.311 e. The van der Waals surface area contributed by atoms with Crippen LogP contribution in [0.1, 0.15) is 0 Å². The number of anilines is 3. The van der Waals surface area contributed by atoms with Crippen molar-refractivity contribution >= 4 is 81.7 Å². The molecule has 0 atom stereocenters. The SMILES string of the molecule is c1ccc(-c2c3c4ccc5c6c(ccc(c3c(-c3ccc(N(c7ccccc7)c7ccccc7)cc3)c3c7ccc8c9c(ccc(c23)c97)-c2ccccc2-8)c64)-c2ccccc2-5)cc1. The van der Waals surface area contributed by atoms with E-state index in [0.717, 1.165) is 17.1 Å². The molecule has 0 bridgehead atoms. The molecule has 0 aliphatic heterocycles. The molecule has 2 aliphatic rings. The summed E-state index contributed by atoms with van der Waals surface area (Å²) in [4.78, 5) is 2.36. The number of fused-ring (bicyclic) bond motifs is 12. The van der Waals surface area contributed by atoms with Crippen LogP contribution >= 0.6 is 0 Å². The van der Waals surface area contributed by atoms with E-state index < -0.39 is 0 Å². The minimum Gasteiger partial charge on any atom is -0.311 e. The van der Waals surface area contributed by atoms with Gasteiger partial charge in [0.05, 0.1) is 0 Å². The summed E-state index contributed by atoms with van der Waals surface area (Å²) in [6.07, 6.45) is 0. The van der Waals surface area contributed by atoms with Crippen LogP contribution in [0.4, 0.5) is 17.1 Å². The van der Waals surface area contributed by atoms with Crippen molar-refractivity contribution < 1.29 is 0 Å². The quantitative estimate of drug-likeness (QED) is 0.168. The third-order valence-electron chi connectivity index (χ3n) is 14.4. The van der Waals surface area contributed by atoms with E-state index in [-0.39, 0.29) is 0 Å². The Morgan fingerprint density at radius 2 is 0.492 bits per heavy atom. The molecule has 0 aromatic heterocycles. The van der Waals surface area contributed by atoms with Crippen molar-refractivity contribution in [2.45, 2.75) is 0 Å². The maximum atomic E-state index is 2.44. The zero-order chi connectivity index (χ0) is 40.9. The fraction of sp³-hybridized carbons (Fsp3) is 0. The fourth-order valence-electron chi connectivity index (χ4n) is 12.0. The van der Waals surface area contributed by atoms with E-state index in [1.807, 2.05) is 0 Å². The van der Waals surface area contributed by atoms with E-state index in [4.69, 9.17) is 0 Å². The molecule has 0 N–H and O–H groups in total. The van der Waals surface area contributed by atoms with Gasteiger partial charge >= 0.3 is 0 Å².